The Morgan fingerprint density at radius 2 is 1.68 bits per heavy atom. The van der Waals surface area contributed by atoms with Crippen molar-refractivity contribution >= 4 is 17.9 Å². The van der Waals surface area contributed by atoms with Crippen LogP contribution in [0.4, 0.5) is 4.79 Å². The summed E-state index contributed by atoms with van der Waals surface area (Å²) in [5.74, 6) is -0.842. The first-order chi connectivity index (χ1) is 8.90. The number of amides is 3. The van der Waals surface area contributed by atoms with E-state index in [0.29, 0.717) is 32.6 Å². The zero-order valence-electron chi connectivity index (χ0n) is 11.4. The van der Waals surface area contributed by atoms with Crippen molar-refractivity contribution in [3.8, 4) is 0 Å². The molecule has 0 aliphatic carbocycles. The molecule has 19 heavy (non-hydrogen) atoms. The Balaban J connectivity index is 2.31. The maximum absolute atomic E-state index is 11.9. The number of hydrogen-bond acceptors (Lipinski definition) is 3. The van der Waals surface area contributed by atoms with Gasteiger partial charge >= 0.3 is 12.0 Å². The van der Waals surface area contributed by atoms with Crippen LogP contribution in [0.15, 0.2) is 0 Å². The molecule has 0 bridgehead atoms. The van der Waals surface area contributed by atoms with Crippen LogP contribution in [0.5, 0.6) is 0 Å². The number of carboxylic acids is 1. The van der Waals surface area contributed by atoms with E-state index in [4.69, 9.17) is 5.11 Å². The number of nitrogens with zero attached hydrogens (tertiary/aromatic N) is 2. The Morgan fingerprint density at radius 3 is 2.16 bits per heavy atom. The van der Waals surface area contributed by atoms with Crippen LogP contribution < -0.4 is 5.32 Å². The van der Waals surface area contributed by atoms with E-state index in [9.17, 15) is 14.4 Å². The molecule has 108 valence electrons. The van der Waals surface area contributed by atoms with Crippen LogP contribution >= 0.6 is 0 Å². The van der Waals surface area contributed by atoms with E-state index >= 15 is 0 Å². The van der Waals surface area contributed by atoms with Crippen molar-refractivity contribution < 1.29 is 19.5 Å². The molecule has 1 unspecified atom stereocenters. The Morgan fingerprint density at radius 1 is 1.16 bits per heavy atom. The highest BCUT2D eigenvalue weighted by atomic mass is 16.4. The Hall–Kier alpha value is -1.79. The molecule has 1 aliphatic heterocycles. The number of piperazine rings is 1. The zero-order chi connectivity index (χ0) is 14.4. The zero-order valence-corrected chi connectivity index (χ0v) is 11.4. The highest BCUT2D eigenvalue weighted by molar-refractivity contribution is 5.76. The van der Waals surface area contributed by atoms with Gasteiger partial charge in [-0.25, -0.2) is 4.79 Å². The Kier molecular flexibility index (Phi) is 5.59. The van der Waals surface area contributed by atoms with E-state index in [1.54, 1.807) is 16.7 Å². The van der Waals surface area contributed by atoms with Crippen LogP contribution in [0.1, 0.15) is 26.7 Å². The molecule has 0 aromatic heterocycles. The number of carbonyl (C=O) groups excluding carboxylic acids is 2. The van der Waals surface area contributed by atoms with Crippen molar-refractivity contribution in [1.82, 2.24) is 15.1 Å². The second-order valence-corrected chi connectivity index (χ2v) is 4.78. The first-order valence-corrected chi connectivity index (χ1v) is 6.43. The third-order valence-corrected chi connectivity index (χ3v) is 3.17. The summed E-state index contributed by atoms with van der Waals surface area (Å²) in [5, 5.41) is 11.3. The number of aliphatic carboxylic acids is 1. The molecular formula is C12H21N3O4. The molecule has 3 amide bonds. The van der Waals surface area contributed by atoms with Gasteiger partial charge in [0, 0.05) is 45.6 Å². The third-order valence-electron chi connectivity index (χ3n) is 3.17. The Bertz CT molecular complexity index is 351. The van der Waals surface area contributed by atoms with Gasteiger partial charge < -0.3 is 20.2 Å². The number of urea groups is 1. The van der Waals surface area contributed by atoms with Crippen molar-refractivity contribution in [2.75, 3.05) is 26.2 Å². The monoisotopic (exact) mass is 271 g/mol. The van der Waals surface area contributed by atoms with E-state index in [-0.39, 0.29) is 24.4 Å². The van der Waals surface area contributed by atoms with Gasteiger partial charge in [0.15, 0.2) is 0 Å². The summed E-state index contributed by atoms with van der Waals surface area (Å²) in [4.78, 5) is 36.8. The quantitative estimate of drug-likeness (QED) is 0.759. The topological polar surface area (TPSA) is 90.0 Å². The molecule has 1 atom stereocenters. The highest BCUT2D eigenvalue weighted by Crippen LogP contribution is 2.04. The number of carboxylic acid groups (broad SMARTS) is 1. The van der Waals surface area contributed by atoms with Gasteiger partial charge in [0.1, 0.15) is 0 Å². The Labute approximate surface area is 112 Å². The van der Waals surface area contributed by atoms with Crippen LogP contribution in [0.25, 0.3) is 0 Å². The van der Waals surface area contributed by atoms with Crippen LogP contribution in [0, 0.1) is 0 Å². The van der Waals surface area contributed by atoms with E-state index in [2.05, 4.69) is 5.32 Å². The fourth-order valence-corrected chi connectivity index (χ4v) is 1.94. The molecule has 0 aromatic carbocycles. The number of rotatable bonds is 4. The third kappa shape index (κ3) is 5.15. The van der Waals surface area contributed by atoms with Crippen molar-refractivity contribution in [1.29, 1.82) is 0 Å². The van der Waals surface area contributed by atoms with Crippen LogP contribution in [0.3, 0.4) is 0 Å². The van der Waals surface area contributed by atoms with Crippen molar-refractivity contribution in [2.45, 2.75) is 32.7 Å². The predicted octanol–water partition coefficient (Wildman–Crippen LogP) is 0.113. The summed E-state index contributed by atoms with van der Waals surface area (Å²) < 4.78 is 0. The first kappa shape index (κ1) is 15.3. The summed E-state index contributed by atoms with van der Waals surface area (Å²) in [6, 6.07) is -0.365. The molecule has 1 saturated heterocycles. The molecule has 0 radical (unpaired) electrons. The molecule has 1 fully saturated rings. The lowest BCUT2D eigenvalue weighted by molar-refractivity contribution is -0.137. The summed E-state index contributed by atoms with van der Waals surface area (Å²) in [6.45, 7) is 5.42. The molecule has 0 aromatic rings. The van der Waals surface area contributed by atoms with Gasteiger partial charge in [-0.3, -0.25) is 9.59 Å². The van der Waals surface area contributed by atoms with E-state index in [1.807, 2.05) is 0 Å². The van der Waals surface area contributed by atoms with Crippen molar-refractivity contribution in [2.24, 2.45) is 0 Å². The molecule has 0 saturated carbocycles. The average Bonchev–Trinajstić information content (AvgIpc) is 2.36. The molecule has 1 heterocycles. The summed E-state index contributed by atoms with van der Waals surface area (Å²) >= 11 is 0. The number of carbonyl (C=O) groups is 3. The van der Waals surface area contributed by atoms with Gasteiger partial charge in [-0.05, 0) is 13.3 Å². The maximum atomic E-state index is 11.9. The summed E-state index contributed by atoms with van der Waals surface area (Å²) in [6.07, 6.45) is 0.452. The SMILES string of the molecule is CC(=O)N1CCN(C(=O)NC(C)CCC(=O)O)CC1. The minimum atomic E-state index is -0.865. The van der Waals surface area contributed by atoms with E-state index in [1.165, 1.54) is 6.92 Å². The van der Waals surface area contributed by atoms with Crippen LogP contribution in [0.2, 0.25) is 0 Å². The fraction of sp³-hybridized carbons (Fsp3) is 0.750. The van der Waals surface area contributed by atoms with Gasteiger partial charge in [-0.15, -0.1) is 0 Å². The summed E-state index contributed by atoms with van der Waals surface area (Å²) in [5.41, 5.74) is 0. The standard InChI is InChI=1S/C12H21N3O4/c1-9(3-4-11(17)18)13-12(19)15-7-5-14(6-8-15)10(2)16/h9H,3-8H2,1-2H3,(H,13,19)(H,17,18). The predicted molar refractivity (Wildman–Crippen MR) is 68.7 cm³/mol. The van der Waals surface area contributed by atoms with Crippen LogP contribution in [-0.2, 0) is 9.59 Å². The molecule has 2 N–H and O–H groups in total. The van der Waals surface area contributed by atoms with Crippen molar-refractivity contribution in [3.63, 3.8) is 0 Å². The normalized spacial score (nSPS) is 16.9. The average molecular weight is 271 g/mol. The highest BCUT2D eigenvalue weighted by Gasteiger charge is 2.23. The lowest BCUT2D eigenvalue weighted by Crippen LogP contribution is -2.54. The molecule has 7 nitrogen and oxygen atoms in total. The summed E-state index contributed by atoms with van der Waals surface area (Å²) in [7, 11) is 0. The van der Waals surface area contributed by atoms with Gasteiger partial charge in [-0.2, -0.15) is 0 Å². The number of nitrogens with one attached hydrogen (secondary N) is 1. The minimum absolute atomic E-state index is 0.0230. The second-order valence-electron chi connectivity index (χ2n) is 4.78. The minimum Gasteiger partial charge on any atom is -0.481 e. The second kappa shape index (κ2) is 6.96. The van der Waals surface area contributed by atoms with Gasteiger partial charge in [0.05, 0.1) is 0 Å². The molecule has 7 heteroatoms. The van der Waals surface area contributed by atoms with Crippen molar-refractivity contribution in [3.05, 3.63) is 0 Å². The van der Waals surface area contributed by atoms with E-state index < -0.39 is 5.97 Å². The smallest absolute Gasteiger partial charge is 0.317 e. The van der Waals surface area contributed by atoms with Gasteiger partial charge in [-0.1, -0.05) is 0 Å². The lowest BCUT2D eigenvalue weighted by Gasteiger charge is -2.34. The lowest BCUT2D eigenvalue weighted by atomic mass is 10.2. The maximum Gasteiger partial charge on any atom is 0.317 e. The fourth-order valence-electron chi connectivity index (χ4n) is 1.94. The molecule has 1 aliphatic rings. The van der Waals surface area contributed by atoms with Gasteiger partial charge in [0.2, 0.25) is 5.91 Å². The first-order valence-electron chi connectivity index (χ1n) is 6.43. The molecular weight excluding hydrogens is 250 g/mol. The largest absolute Gasteiger partial charge is 0.481 e. The van der Waals surface area contributed by atoms with E-state index in [0.717, 1.165) is 0 Å². The molecule has 1 rings (SSSR count). The number of hydrogen-bond donors (Lipinski definition) is 2. The van der Waals surface area contributed by atoms with Crippen LogP contribution in [-0.4, -0.2) is 65.0 Å². The van der Waals surface area contributed by atoms with Gasteiger partial charge in [0.25, 0.3) is 0 Å². The molecule has 0 spiro atoms.